The van der Waals surface area contributed by atoms with Gasteiger partial charge >= 0.3 is 0 Å². The van der Waals surface area contributed by atoms with E-state index in [1.54, 1.807) is 26.4 Å². The first-order valence-electron chi connectivity index (χ1n) is 10.5. The number of benzene rings is 1. The first-order chi connectivity index (χ1) is 14.6. The van der Waals surface area contributed by atoms with E-state index in [4.69, 9.17) is 14.5 Å². The highest BCUT2D eigenvalue weighted by Crippen LogP contribution is 2.30. The maximum Gasteiger partial charge on any atom is 0.194 e. The van der Waals surface area contributed by atoms with Crippen molar-refractivity contribution in [3.8, 4) is 11.5 Å². The zero-order valence-electron chi connectivity index (χ0n) is 18.3. The van der Waals surface area contributed by atoms with E-state index in [0.717, 1.165) is 37.6 Å². The molecule has 2 aromatic rings. The summed E-state index contributed by atoms with van der Waals surface area (Å²) in [6.45, 7) is 7.17. The summed E-state index contributed by atoms with van der Waals surface area (Å²) >= 11 is 0. The monoisotopic (exact) mass is 415 g/mol. The van der Waals surface area contributed by atoms with Gasteiger partial charge in [0.2, 0.25) is 0 Å². The zero-order chi connectivity index (χ0) is 21.5. The van der Waals surface area contributed by atoms with Gasteiger partial charge in [-0.3, -0.25) is 4.99 Å². The summed E-state index contributed by atoms with van der Waals surface area (Å²) in [5.74, 6) is 2.63. The van der Waals surface area contributed by atoms with E-state index in [1.165, 1.54) is 0 Å². The van der Waals surface area contributed by atoms with Crippen LogP contribution in [0.15, 0.2) is 41.9 Å². The SMILES string of the molecule is CCNC(=NCC(O)c1ccc(OC)c(OC)c1)N1CCC(C)C(n2ccnc2)C1. The van der Waals surface area contributed by atoms with Gasteiger partial charge in [0, 0.05) is 32.0 Å². The Labute approximate surface area is 178 Å². The first-order valence-corrected chi connectivity index (χ1v) is 10.5. The van der Waals surface area contributed by atoms with Crippen molar-refractivity contribution in [3.63, 3.8) is 0 Å². The Bertz CT molecular complexity index is 824. The van der Waals surface area contributed by atoms with E-state index in [2.05, 4.69) is 33.6 Å². The molecule has 0 spiro atoms. The molecule has 8 heteroatoms. The molecular weight excluding hydrogens is 382 g/mol. The molecule has 3 atom stereocenters. The Morgan fingerprint density at radius 2 is 2.13 bits per heavy atom. The number of hydrogen-bond acceptors (Lipinski definition) is 5. The van der Waals surface area contributed by atoms with Crippen LogP contribution in [0.5, 0.6) is 11.5 Å². The zero-order valence-corrected chi connectivity index (χ0v) is 18.3. The van der Waals surface area contributed by atoms with Gasteiger partial charge in [0.1, 0.15) is 0 Å². The van der Waals surface area contributed by atoms with Crippen molar-refractivity contribution in [1.82, 2.24) is 19.8 Å². The Balaban J connectivity index is 1.72. The minimum absolute atomic E-state index is 0.264. The van der Waals surface area contributed by atoms with Crippen LogP contribution in [0.3, 0.4) is 0 Å². The number of piperidine rings is 1. The van der Waals surface area contributed by atoms with E-state index in [-0.39, 0.29) is 6.54 Å². The lowest BCUT2D eigenvalue weighted by Crippen LogP contribution is -2.49. The number of nitrogens with zero attached hydrogens (tertiary/aromatic N) is 4. The molecule has 8 nitrogen and oxygen atoms in total. The highest BCUT2D eigenvalue weighted by molar-refractivity contribution is 5.80. The third kappa shape index (κ3) is 5.05. The molecule has 0 radical (unpaired) electrons. The van der Waals surface area contributed by atoms with E-state index in [1.807, 2.05) is 24.8 Å². The number of nitrogens with one attached hydrogen (secondary N) is 1. The second-order valence-electron chi connectivity index (χ2n) is 7.61. The van der Waals surface area contributed by atoms with Crippen molar-refractivity contribution < 1.29 is 14.6 Å². The largest absolute Gasteiger partial charge is 0.493 e. The molecule has 30 heavy (non-hydrogen) atoms. The van der Waals surface area contributed by atoms with E-state index in [0.29, 0.717) is 23.5 Å². The summed E-state index contributed by atoms with van der Waals surface area (Å²) in [6, 6.07) is 5.78. The fraction of sp³-hybridized carbons (Fsp3) is 0.545. The van der Waals surface area contributed by atoms with Crippen LogP contribution in [0.25, 0.3) is 0 Å². The second-order valence-corrected chi connectivity index (χ2v) is 7.61. The molecule has 1 aromatic carbocycles. The van der Waals surface area contributed by atoms with Crippen LogP contribution in [0, 0.1) is 5.92 Å². The molecule has 0 aliphatic carbocycles. The van der Waals surface area contributed by atoms with Crippen LogP contribution >= 0.6 is 0 Å². The third-order valence-corrected chi connectivity index (χ3v) is 5.67. The van der Waals surface area contributed by atoms with Gasteiger partial charge in [-0.1, -0.05) is 13.0 Å². The molecule has 0 bridgehead atoms. The minimum atomic E-state index is -0.730. The normalized spacial score (nSPS) is 20.7. The Morgan fingerprint density at radius 1 is 1.33 bits per heavy atom. The molecule has 1 fully saturated rings. The van der Waals surface area contributed by atoms with Crippen LogP contribution in [0.1, 0.15) is 38.0 Å². The number of rotatable bonds is 7. The van der Waals surface area contributed by atoms with Crippen LogP contribution in [0.4, 0.5) is 0 Å². The molecule has 164 valence electrons. The number of hydrogen-bond donors (Lipinski definition) is 2. The molecule has 3 rings (SSSR count). The van der Waals surface area contributed by atoms with Crippen molar-refractivity contribution in [1.29, 1.82) is 0 Å². The molecule has 0 saturated carbocycles. The number of likely N-dealkylation sites (tertiary alicyclic amines) is 1. The number of guanidine groups is 1. The quantitative estimate of drug-likeness (QED) is 0.534. The van der Waals surface area contributed by atoms with Gasteiger partial charge in [0.05, 0.1) is 39.2 Å². The van der Waals surface area contributed by atoms with Gasteiger partial charge in [-0.2, -0.15) is 0 Å². The molecule has 2 heterocycles. The van der Waals surface area contributed by atoms with E-state index >= 15 is 0 Å². The number of ether oxygens (including phenoxy) is 2. The van der Waals surface area contributed by atoms with Crippen LogP contribution in [0.2, 0.25) is 0 Å². The average molecular weight is 416 g/mol. The average Bonchev–Trinajstić information content (AvgIpc) is 3.31. The Hall–Kier alpha value is -2.74. The summed E-state index contributed by atoms with van der Waals surface area (Å²) in [5.41, 5.74) is 0.746. The number of aromatic nitrogens is 2. The lowest BCUT2D eigenvalue weighted by atomic mass is 9.93. The van der Waals surface area contributed by atoms with Gasteiger partial charge in [-0.25, -0.2) is 4.98 Å². The minimum Gasteiger partial charge on any atom is -0.493 e. The van der Waals surface area contributed by atoms with Crippen molar-refractivity contribution in [2.24, 2.45) is 10.9 Å². The molecule has 1 saturated heterocycles. The number of imidazole rings is 1. The standard InChI is InChI=1S/C22H33N5O3/c1-5-24-22(26-10-8-16(2)18(14-26)27-11-9-23-15-27)25-13-19(28)17-6-7-20(29-3)21(12-17)30-4/h6-7,9,11-12,15-16,18-19,28H,5,8,10,13-14H2,1-4H3,(H,24,25). The van der Waals surface area contributed by atoms with Gasteiger partial charge in [0.15, 0.2) is 17.5 Å². The van der Waals surface area contributed by atoms with E-state index < -0.39 is 6.10 Å². The highest BCUT2D eigenvalue weighted by atomic mass is 16.5. The predicted molar refractivity (Wildman–Crippen MR) is 117 cm³/mol. The van der Waals surface area contributed by atoms with Crippen LogP contribution in [-0.4, -0.2) is 65.9 Å². The van der Waals surface area contributed by atoms with E-state index in [9.17, 15) is 5.11 Å². The smallest absolute Gasteiger partial charge is 0.194 e. The van der Waals surface area contributed by atoms with Crippen molar-refractivity contribution in [2.45, 2.75) is 32.4 Å². The highest BCUT2D eigenvalue weighted by Gasteiger charge is 2.29. The molecule has 1 aromatic heterocycles. The van der Waals surface area contributed by atoms with Gasteiger partial charge in [-0.15, -0.1) is 0 Å². The van der Waals surface area contributed by atoms with Crippen molar-refractivity contribution in [3.05, 3.63) is 42.5 Å². The molecule has 2 N–H and O–H groups in total. The van der Waals surface area contributed by atoms with Crippen molar-refractivity contribution in [2.75, 3.05) is 40.4 Å². The fourth-order valence-electron chi connectivity index (χ4n) is 3.86. The molecule has 1 aliphatic heterocycles. The van der Waals surface area contributed by atoms with Gasteiger partial charge < -0.3 is 29.4 Å². The van der Waals surface area contributed by atoms with Crippen molar-refractivity contribution >= 4 is 5.96 Å². The van der Waals surface area contributed by atoms with Gasteiger partial charge in [-0.05, 0) is 37.0 Å². The topological polar surface area (TPSA) is 84.1 Å². The maximum atomic E-state index is 10.7. The Kier molecular flexibility index (Phi) is 7.57. The van der Waals surface area contributed by atoms with Crippen LogP contribution < -0.4 is 14.8 Å². The van der Waals surface area contributed by atoms with Gasteiger partial charge in [0.25, 0.3) is 0 Å². The number of aliphatic hydroxyl groups excluding tert-OH is 1. The number of methoxy groups -OCH3 is 2. The summed E-state index contributed by atoms with van der Waals surface area (Å²) in [6.07, 6.45) is 6.08. The maximum absolute atomic E-state index is 10.7. The lowest BCUT2D eigenvalue weighted by Gasteiger charge is -2.39. The summed E-state index contributed by atoms with van der Waals surface area (Å²) in [4.78, 5) is 11.2. The Morgan fingerprint density at radius 3 is 2.80 bits per heavy atom. The summed E-state index contributed by atoms with van der Waals surface area (Å²) in [7, 11) is 3.18. The summed E-state index contributed by atoms with van der Waals surface area (Å²) in [5, 5.41) is 14.1. The fourth-order valence-corrected chi connectivity index (χ4v) is 3.86. The van der Waals surface area contributed by atoms with Crippen LogP contribution in [-0.2, 0) is 0 Å². The molecular formula is C22H33N5O3. The molecule has 0 amide bonds. The lowest BCUT2D eigenvalue weighted by molar-refractivity contribution is 0.179. The summed E-state index contributed by atoms with van der Waals surface area (Å²) < 4.78 is 12.8. The first kappa shape index (κ1) is 22.0. The third-order valence-electron chi connectivity index (χ3n) is 5.67. The second kappa shape index (κ2) is 10.3. The number of aliphatic imine (C=N–C) groups is 1. The predicted octanol–water partition coefficient (Wildman–Crippen LogP) is 2.48. The molecule has 1 aliphatic rings. The molecule has 3 unspecified atom stereocenters. The number of aliphatic hydroxyl groups is 1.